The number of aryl methyl sites for hydroxylation is 1. The molecule has 3 aromatic rings. The van der Waals surface area contributed by atoms with Crippen molar-refractivity contribution in [3.63, 3.8) is 0 Å². The third-order valence-electron chi connectivity index (χ3n) is 6.35. The molecule has 4 heterocycles. The average Bonchev–Trinajstić information content (AvgIpc) is 3.70. The molecule has 0 bridgehead atoms. The molecule has 4 rings (SSSR count). The van der Waals surface area contributed by atoms with Gasteiger partial charge in [-0.2, -0.15) is 8.88 Å². The number of nitrogens with two attached hydrogens (primary N) is 2. The molecular weight excluding hydrogens is 830 g/mol. The summed E-state index contributed by atoms with van der Waals surface area (Å²) in [7, 11) is -12.2. The number of halogens is 1. The molecule has 0 saturated carbocycles. The maximum atomic E-state index is 12.8. The Morgan fingerprint density at radius 2 is 2.06 bits per heavy atom. The number of hydrogen-bond acceptors (Lipinski definition) is 17. The summed E-state index contributed by atoms with van der Waals surface area (Å²) in [6, 6.07) is 0. The molecule has 0 spiro atoms. The number of imidazole rings is 2. The summed E-state index contributed by atoms with van der Waals surface area (Å²) in [6.45, 7) is 5.97. The van der Waals surface area contributed by atoms with Crippen LogP contribution in [-0.2, 0) is 57.5 Å². The van der Waals surface area contributed by atoms with Crippen molar-refractivity contribution in [3.8, 4) is 0 Å². The Bertz CT molecular complexity index is 1870. The Labute approximate surface area is 293 Å². The molecule has 3 aromatic heterocycles. The first-order chi connectivity index (χ1) is 23.0. The maximum absolute atomic E-state index is 12.8. The predicted octanol–water partition coefficient (Wildman–Crippen LogP) is 2.50. The number of fused-ring (bicyclic) bond motifs is 1. The summed E-state index contributed by atoms with van der Waals surface area (Å²) in [6.07, 6.45) is 3.17. The van der Waals surface area contributed by atoms with Gasteiger partial charge in [0, 0.05) is 5.92 Å². The normalized spacial score (nSPS) is 18.0. The summed E-state index contributed by atoms with van der Waals surface area (Å²) in [5.41, 5.74) is 12.8. The second-order valence-electron chi connectivity index (χ2n) is 10.4. The lowest BCUT2D eigenvalue weighted by molar-refractivity contribution is -0.672. The Morgan fingerprint density at radius 1 is 1.33 bits per heavy atom. The molecule has 0 fully saturated rings. The van der Waals surface area contributed by atoms with E-state index in [1.165, 1.54) is 32.7 Å². The Kier molecular flexibility index (Phi) is 13.0. The summed E-state index contributed by atoms with van der Waals surface area (Å²) < 4.78 is 77.0. The van der Waals surface area contributed by atoms with E-state index in [2.05, 4.69) is 38.3 Å². The molecular formula is C23H34IN9O13P3+. The van der Waals surface area contributed by atoms with Crippen LogP contribution >= 0.6 is 46.9 Å². The number of carbonyl (C=O) groups excluding carboxylic acids is 1. The highest BCUT2D eigenvalue weighted by molar-refractivity contribution is 14.1. The number of rotatable bonds is 18. The molecule has 270 valence electrons. The summed E-state index contributed by atoms with van der Waals surface area (Å²) in [5.74, 6) is -0.857. The lowest BCUT2D eigenvalue weighted by atomic mass is 10.1. The summed E-state index contributed by atoms with van der Waals surface area (Å²) in [5, 5.41) is 13.1. The van der Waals surface area contributed by atoms with Gasteiger partial charge in [-0.15, -0.1) is 0 Å². The van der Waals surface area contributed by atoms with Gasteiger partial charge in [-0.05, 0) is 0 Å². The molecule has 3 unspecified atom stereocenters. The Balaban J connectivity index is 1.26. The minimum absolute atomic E-state index is 0.0198. The first-order valence-electron chi connectivity index (χ1n) is 13.9. The standard InChI is InChI=1S/C23H33IN9O13P3/c1-13(2)18-19(22(35)30-14(3)25)31(4)11-33(18)23-16(34)7-15(43-23)8-41-47(36)45-48(37,38)46-49(39,44-24)42-6-5-40-12-32-10-29-17-20(26)27-9-28-21(17)32/h9-11,13,15,47H,3,5-8,12,25H2,1-2,4H3,(H4-,26,27,28,30,34,35,37,38)/p+1/t15-,49?/m0/s1. The second-order valence-corrected chi connectivity index (χ2v) is 16.0. The smallest absolute Gasteiger partial charge is 0.493 e. The van der Waals surface area contributed by atoms with Gasteiger partial charge in [-0.3, -0.25) is 18.5 Å². The van der Waals surface area contributed by atoms with Crippen LogP contribution in [0.1, 0.15) is 42.4 Å². The van der Waals surface area contributed by atoms with E-state index in [1.807, 2.05) is 13.8 Å². The highest BCUT2D eigenvalue weighted by Gasteiger charge is 2.41. The fourth-order valence-electron chi connectivity index (χ4n) is 4.49. The number of aromatic nitrogens is 6. The zero-order chi connectivity index (χ0) is 36.1. The number of aliphatic hydroxyl groups excluding tert-OH is 1. The van der Waals surface area contributed by atoms with Crippen LogP contribution in [0.2, 0.25) is 0 Å². The number of anilines is 1. The van der Waals surface area contributed by atoms with Gasteiger partial charge in [0.05, 0.1) is 45.4 Å². The average molecular weight is 864 g/mol. The number of hydrogen-bond donors (Lipinski definition) is 5. The molecule has 1 amide bonds. The second kappa shape index (κ2) is 16.4. The van der Waals surface area contributed by atoms with Crippen LogP contribution in [0.15, 0.2) is 37.1 Å². The van der Waals surface area contributed by atoms with Gasteiger partial charge in [-0.25, -0.2) is 35.8 Å². The third-order valence-corrected chi connectivity index (χ3v) is 12.0. The van der Waals surface area contributed by atoms with E-state index in [4.69, 9.17) is 30.0 Å². The van der Waals surface area contributed by atoms with E-state index in [9.17, 15) is 28.5 Å². The van der Waals surface area contributed by atoms with E-state index in [-0.39, 0.29) is 54.7 Å². The minimum Gasteiger partial charge on any atom is -0.505 e. The third kappa shape index (κ3) is 9.85. The highest BCUT2D eigenvalue weighted by atomic mass is 127. The van der Waals surface area contributed by atoms with Crippen LogP contribution < -0.4 is 21.4 Å². The SMILES string of the molecule is C=C(N)NC(=O)c1c(C(C)C)n(C2=C(O)C[C@@H](CO[PH](=O)OP(=O)(O)OP(=O)(OI)OCCOCn3cnc4c(N)ncnc43)O2)c[n+]1C. The fraction of sp³-hybridized carbons (Fsp3) is 0.435. The number of carbonyl (C=O) groups is 1. The van der Waals surface area contributed by atoms with E-state index in [0.717, 1.165) is 23.0 Å². The highest BCUT2D eigenvalue weighted by Crippen LogP contribution is 2.67. The first-order valence-corrected chi connectivity index (χ1v) is 19.0. The van der Waals surface area contributed by atoms with Gasteiger partial charge in [0.2, 0.25) is 5.69 Å². The van der Waals surface area contributed by atoms with Gasteiger partial charge < -0.3 is 40.8 Å². The monoisotopic (exact) mass is 864 g/mol. The molecule has 49 heavy (non-hydrogen) atoms. The quantitative estimate of drug-likeness (QED) is 0.0531. The van der Waals surface area contributed by atoms with Gasteiger partial charge in [0.1, 0.15) is 47.7 Å². The van der Waals surface area contributed by atoms with Gasteiger partial charge in [0.25, 0.3) is 6.33 Å². The van der Waals surface area contributed by atoms with Gasteiger partial charge in [-0.1, -0.05) is 20.4 Å². The van der Waals surface area contributed by atoms with Crippen LogP contribution in [0.25, 0.3) is 17.0 Å². The molecule has 0 radical (unpaired) electrons. The van der Waals surface area contributed by atoms with Crippen molar-refractivity contribution in [3.05, 3.63) is 48.5 Å². The van der Waals surface area contributed by atoms with Crippen LogP contribution in [0, 0.1) is 0 Å². The number of phosphoric acid groups is 2. The first kappa shape index (κ1) is 38.8. The van der Waals surface area contributed by atoms with Gasteiger partial charge in [0.15, 0.2) is 22.9 Å². The largest absolute Gasteiger partial charge is 0.505 e. The maximum Gasteiger partial charge on any atom is 0.493 e. The predicted molar refractivity (Wildman–Crippen MR) is 177 cm³/mol. The Morgan fingerprint density at radius 3 is 2.73 bits per heavy atom. The zero-order valence-corrected chi connectivity index (χ0v) is 31.1. The van der Waals surface area contributed by atoms with Crippen molar-refractivity contribution in [1.29, 1.82) is 0 Å². The van der Waals surface area contributed by atoms with E-state index < -0.39 is 49.1 Å². The van der Waals surface area contributed by atoms with Crippen molar-refractivity contribution in [2.24, 2.45) is 12.8 Å². The molecule has 0 aromatic carbocycles. The minimum atomic E-state index is -5.34. The van der Waals surface area contributed by atoms with E-state index in [0.29, 0.717) is 16.9 Å². The van der Waals surface area contributed by atoms with Crippen molar-refractivity contribution < 1.29 is 63.1 Å². The fourth-order valence-corrected chi connectivity index (χ4v) is 8.83. The zero-order valence-electron chi connectivity index (χ0n) is 26.1. The number of aliphatic hydroxyl groups is 1. The van der Waals surface area contributed by atoms with Crippen molar-refractivity contribution in [1.82, 2.24) is 29.4 Å². The molecule has 4 atom stereocenters. The Hall–Kier alpha value is -2.95. The van der Waals surface area contributed by atoms with Gasteiger partial charge >= 0.3 is 35.7 Å². The van der Waals surface area contributed by atoms with Crippen molar-refractivity contribution in [2.45, 2.75) is 39.0 Å². The molecule has 22 nitrogen and oxygen atoms in total. The number of nitrogen functional groups attached to an aromatic ring is 1. The molecule has 0 aliphatic carbocycles. The summed E-state index contributed by atoms with van der Waals surface area (Å²) >= 11 is 1.13. The lowest BCUT2D eigenvalue weighted by Gasteiger charge is -2.18. The van der Waals surface area contributed by atoms with E-state index in [1.54, 1.807) is 7.05 Å². The number of amides is 1. The number of nitrogens with one attached hydrogen (secondary N) is 1. The van der Waals surface area contributed by atoms with Crippen molar-refractivity contribution >= 4 is 75.7 Å². The molecule has 7 N–H and O–H groups in total. The molecule has 1 aliphatic rings. The van der Waals surface area contributed by atoms with Crippen LogP contribution in [0.3, 0.4) is 0 Å². The lowest BCUT2D eigenvalue weighted by Crippen LogP contribution is -2.39. The number of nitrogens with zero attached hydrogens (tertiary/aromatic N) is 6. The summed E-state index contributed by atoms with van der Waals surface area (Å²) in [4.78, 5) is 34.8. The van der Waals surface area contributed by atoms with Crippen LogP contribution in [0.5, 0.6) is 0 Å². The van der Waals surface area contributed by atoms with Crippen LogP contribution in [-0.4, -0.2) is 65.9 Å². The van der Waals surface area contributed by atoms with Crippen LogP contribution in [0.4, 0.5) is 5.82 Å². The number of ether oxygens (including phenoxy) is 2. The molecule has 26 heteroatoms. The van der Waals surface area contributed by atoms with Crippen molar-refractivity contribution in [2.75, 3.05) is 25.6 Å². The van der Waals surface area contributed by atoms with E-state index >= 15 is 0 Å². The topological polar surface area (TPSA) is 290 Å². The molecule has 0 saturated heterocycles. The molecule has 1 aliphatic heterocycles.